The number of H-pyrrole nitrogens is 1. The number of imidazole rings is 1. The van der Waals surface area contributed by atoms with Gasteiger partial charge in [-0.1, -0.05) is 0 Å². The Hall–Kier alpha value is -2.56. The topological polar surface area (TPSA) is 122 Å². The van der Waals surface area contributed by atoms with Gasteiger partial charge in [0.1, 0.15) is 6.04 Å². The van der Waals surface area contributed by atoms with Crippen molar-refractivity contribution in [1.82, 2.24) is 20.2 Å². The molecule has 0 fully saturated rings. The van der Waals surface area contributed by atoms with Crippen LogP contribution in [-0.2, 0) is 11.2 Å². The average Bonchev–Trinajstić information content (AvgIpc) is 2.90. The van der Waals surface area contributed by atoms with Crippen molar-refractivity contribution in [2.24, 2.45) is 5.92 Å². The number of aliphatic carboxylic acids is 1. The van der Waals surface area contributed by atoms with Crippen molar-refractivity contribution in [2.45, 2.75) is 19.4 Å². The minimum Gasteiger partial charge on any atom is -0.480 e. The molecular weight excluding hydrogens is 262 g/mol. The molecule has 2 atom stereocenters. The third-order valence-corrected chi connectivity index (χ3v) is 2.69. The van der Waals surface area contributed by atoms with Crippen LogP contribution in [0.5, 0.6) is 0 Å². The molecule has 0 spiro atoms. The number of aromatic nitrogens is 2. The van der Waals surface area contributed by atoms with Crippen LogP contribution >= 0.6 is 0 Å². The van der Waals surface area contributed by atoms with Gasteiger partial charge in [-0.15, -0.1) is 0 Å². The zero-order valence-electron chi connectivity index (χ0n) is 11.3. The number of aromatic amines is 1. The van der Waals surface area contributed by atoms with Gasteiger partial charge in [0.2, 0.25) is 0 Å². The Bertz CT molecular complexity index is 494. The van der Waals surface area contributed by atoms with E-state index in [1.807, 2.05) is 6.07 Å². The number of carbonyl (C=O) groups is 2. The molecule has 1 rings (SSSR count). The maximum absolute atomic E-state index is 11.9. The monoisotopic (exact) mass is 279 g/mol. The maximum atomic E-state index is 11.9. The Labute approximate surface area is 116 Å². The molecule has 0 aliphatic carbocycles. The van der Waals surface area contributed by atoms with E-state index in [9.17, 15) is 9.59 Å². The van der Waals surface area contributed by atoms with Gasteiger partial charge < -0.3 is 20.3 Å². The molecular formula is C12H17N5O3. The van der Waals surface area contributed by atoms with Crippen molar-refractivity contribution in [1.29, 1.82) is 5.26 Å². The molecule has 0 aromatic carbocycles. The smallest absolute Gasteiger partial charge is 0.326 e. The number of hydrogen-bond acceptors (Lipinski definition) is 4. The summed E-state index contributed by atoms with van der Waals surface area (Å²) < 4.78 is 0. The molecule has 1 unspecified atom stereocenters. The quantitative estimate of drug-likeness (QED) is 0.687. The zero-order valence-corrected chi connectivity index (χ0v) is 11.3. The predicted molar refractivity (Wildman–Crippen MR) is 69.7 cm³/mol. The second-order valence-electron chi connectivity index (χ2n) is 4.53. The summed E-state index contributed by atoms with van der Waals surface area (Å²) >= 11 is 0. The summed E-state index contributed by atoms with van der Waals surface area (Å²) in [4.78, 5) is 30.9. The first-order valence-corrected chi connectivity index (χ1v) is 6.05. The Morgan fingerprint density at radius 3 is 2.85 bits per heavy atom. The van der Waals surface area contributed by atoms with Gasteiger partial charge in [-0.05, 0) is 6.92 Å². The number of nitriles is 1. The van der Waals surface area contributed by atoms with E-state index in [-0.39, 0.29) is 18.9 Å². The molecule has 8 nitrogen and oxygen atoms in total. The minimum absolute atomic E-state index is 0.114. The van der Waals surface area contributed by atoms with E-state index in [0.29, 0.717) is 5.69 Å². The highest BCUT2D eigenvalue weighted by atomic mass is 16.4. The minimum atomic E-state index is -1.13. The lowest BCUT2D eigenvalue weighted by molar-refractivity contribution is -0.139. The summed E-state index contributed by atoms with van der Waals surface area (Å²) in [6.07, 6.45) is 3.06. The van der Waals surface area contributed by atoms with Crippen LogP contribution in [0.3, 0.4) is 0 Å². The first-order chi connectivity index (χ1) is 9.43. The van der Waals surface area contributed by atoms with Crippen LogP contribution in [0.25, 0.3) is 0 Å². The second-order valence-corrected chi connectivity index (χ2v) is 4.53. The number of carbonyl (C=O) groups excluding carboxylic acids is 1. The third-order valence-electron chi connectivity index (χ3n) is 2.69. The number of carboxylic acids is 1. The lowest BCUT2D eigenvalue weighted by Crippen LogP contribution is -2.48. The first kappa shape index (κ1) is 15.5. The maximum Gasteiger partial charge on any atom is 0.326 e. The predicted octanol–water partition coefficient (Wildman–Crippen LogP) is 0.206. The van der Waals surface area contributed by atoms with Gasteiger partial charge in [-0.25, -0.2) is 14.6 Å². The molecule has 0 aliphatic rings. The molecule has 1 aromatic rings. The Morgan fingerprint density at radius 2 is 2.35 bits per heavy atom. The van der Waals surface area contributed by atoms with E-state index < -0.39 is 18.0 Å². The largest absolute Gasteiger partial charge is 0.480 e. The van der Waals surface area contributed by atoms with Crippen molar-refractivity contribution in [3.05, 3.63) is 18.2 Å². The van der Waals surface area contributed by atoms with Crippen LogP contribution in [0, 0.1) is 17.2 Å². The van der Waals surface area contributed by atoms with E-state index in [0.717, 1.165) is 0 Å². The summed E-state index contributed by atoms with van der Waals surface area (Å²) in [5.41, 5.74) is 0.616. The standard InChI is InChI=1S/C12H17N5O3/c1-8(4-13)6-17(2)12(20)16-10(11(18)19)3-9-5-14-7-15-9/h5,7-8,10H,3,6H2,1-2H3,(H,14,15)(H,16,20)(H,18,19)/t8?,10-/m1/s1. The van der Waals surface area contributed by atoms with Crippen LogP contribution in [-0.4, -0.2) is 51.6 Å². The molecule has 20 heavy (non-hydrogen) atoms. The normalized spacial score (nSPS) is 13.1. The lowest BCUT2D eigenvalue weighted by atomic mass is 10.1. The average molecular weight is 279 g/mol. The number of rotatable bonds is 6. The zero-order chi connectivity index (χ0) is 15.1. The van der Waals surface area contributed by atoms with Gasteiger partial charge in [0.25, 0.3) is 0 Å². The Morgan fingerprint density at radius 1 is 1.65 bits per heavy atom. The van der Waals surface area contributed by atoms with E-state index >= 15 is 0 Å². The third kappa shape index (κ3) is 4.61. The van der Waals surface area contributed by atoms with Crippen molar-refractivity contribution < 1.29 is 14.7 Å². The van der Waals surface area contributed by atoms with E-state index in [1.165, 1.54) is 24.5 Å². The summed E-state index contributed by atoms with van der Waals surface area (Å²) in [7, 11) is 1.51. The molecule has 0 saturated carbocycles. The van der Waals surface area contributed by atoms with Crippen LogP contribution in [0.15, 0.2) is 12.5 Å². The van der Waals surface area contributed by atoms with E-state index in [1.54, 1.807) is 6.92 Å². The van der Waals surface area contributed by atoms with E-state index in [2.05, 4.69) is 15.3 Å². The number of nitrogens with one attached hydrogen (secondary N) is 2. The van der Waals surface area contributed by atoms with Gasteiger partial charge >= 0.3 is 12.0 Å². The first-order valence-electron chi connectivity index (χ1n) is 6.05. The highest BCUT2D eigenvalue weighted by molar-refractivity contribution is 5.82. The Balaban J connectivity index is 2.59. The summed E-state index contributed by atoms with van der Waals surface area (Å²) in [5, 5.41) is 20.2. The number of amides is 2. The van der Waals surface area contributed by atoms with Crippen LogP contribution in [0.4, 0.5) is 4.79 Å². The van der Waals surface area contributed by atoms with Crippen molar-refractivity contribution in [3.8, 4) is 6.07 Å². The number of nitrogens with zero attached hydrogens (tertiary/aromatic N) is 3. The summed E-state index contributed by atoms with van der Waals surface area (Å²) in [5.74, 6) is -1.45. The molecule has 8 heteroatoms. The highest BCUT2D eigenvalue weighted by Gasteiger charge is 2.23. The molecule has 1 heterocycles. The lowest BCUT2D eigenvalue weighted by Gasteiger charge is -2.21. The van der Waals surface area contributed by atoms with E-state index in [4.69, 9.17) is 10.4 Å². The molecule has 3 N–H and O–H groups in total. The SMILES string of the molecule is CC(C#N)CN(C)C(=O)N[C@H](Cc1cnc[nH]1)C(=O)O. The van der Waals surface area contributed by atoms with Crippen LogP contribution < -0.4 is 5.32 Å². The Kier molecular flexibility index (Phi) is 5.53. The summed E-state index contributed by atoms with van der Waals surface area (Å²) in [6.45, 7) is 1.92. The highest BCUT2D eigenvalue weighted by Crippen LogP contribution is 2.01. The molecule has 0 saturated heterocycles. The van der Waals surface area contributed by atoms with Crippen LogP contribution in [0.2, 0.25) is 0 Å². The molecule has 0 aliphatic heterocycles. The van der Waals surface area contributed by atoms with Gasteiger partial charge in [-0.2, -0.15) is 5.26 Å². The fraction of sp³-hybridized carbons (Fsp3) is 0.500. The van der Waals surface area contributed by atoms with Crippen molar-refractivity contribution in [2.75, 3.05) is 13.6 Å². The van der Waals surface area contributed by atoms with Gasteiger partial charge in [-0.3, -0.25) is 0 Å². The van der Waals surface area contributed by atoms with Gasteiger partial charge in [0.15, 0.2) is 0 Å². The van der Waals surface area contributed by atoms with Gasteiger partial charge in [0.05, 0.1) is 18.3 Å². The van der Waals surface area contributed by atoms with Crippen LogP contribution in [0.1, 0.15) is 12.6 Å². The fourth-order valence-corrected chi connectivity index (χ4v) is 1.61. The summed E-state index contributed by atoms with van der Waals surface area (Å²) in [6, 6.07) is 0.430. The molecule has 0 bridgehead atoms. The van der Waals surface area contributed by atoms with Crippen molar-refractivity contribution in [3.63, 3.8) is 0 Å². The number of urea groups is 1. The second kappa shape index (κ2) is 7.13. The molecule has 2 amide bonds. The van der Waals surface area contributed by atoms with Crippen molar-refractivity contribution >= 4 is 12.0 Å². The molecule has 0 radical (unpaired) electrons. The molecule has 108 valence electrons. The number of carboxylic acid groups (broad SMARTS) is 1. The fourth-order valence-electron chi connectivity index (χ4n) is 1.61. The number of hydrogen-bond donors (Lipinski definition) is 3. The molecule has 1 aromatic heterocycles. The van der Waals surface area contributed by atoms with Gasteiger partial charge in [0, 0.05) is 31.9 Å².